The first-order chi connectivity index (χ1) is 31.4. The number of phosphoric ester groups is 1. The second kappa shape index (κ2) is 41.1. The highest BCUT2D eigenvalue weighted by atomic mass is 31.2. The van der Waals surface area contributed by atoms with Crippen molar-refractivity contribution in [1.29, 1.82) is 0 Å². The lowest BCUT2D eigenvalue weighted by Gasteiger charge is -2.41. The van der Waals surface area contributed by atoms with Gasteiger partial charge < -0.3 is 39.9 Å². The van der Waals surface area contributed by atoms with Gasteiger partial charge in [0.15, 0.2) is 6.10 Å². The van der Waals surface area contributed by atoms with Gasteiger partial charge in [0, 0.05) is 12.8 Å². The number of aliphatic hydroxyl groups excluding tert-OH is 5. The lowest BCUT2D eigenvalue weighted by molar-refractivity contribution is -0.220. The zero-order valence-corrected chi connectivity index (χ0v) is 41.4. The van der Waals surface area contributed by atoms with Gasteiger partial charge >= 0.3 is 19.8 Å². The summed E-state index contributed by atoms with van der Waals surface area (Å²) in [5.41, 5.74) is 0. The van der Waals surface area contributed by atoms with E-state index in [1.165, 1.54) is 109 Å². The molecule has 0 aliphatic heterocycles. The Kier molecular flexibility index (Phi) is 38.6. The molecule has 0 amide bonds. The summed E-state index contributed by atoms with van der Waals surface area (Å²) in [6, 6.07) is 0. The fourth-order valence-electron chi connectivity index (χ4n) is 7.79. The molecular formula is C51H93O13P. The largest absolute Gasteiger partial charge is 0.472 e. The Bertz CT molecular complexity index is 1280. The number of aliphatic hydroxyl groups is 5. The summed E-state index contributed by atoms with van der Waals surface area (Å²) in [6.45, 7) is 3.24. The molecule has 1 fully saturated rings. The van der Waals surface area contributed by atoms with E-state index in [1.807, 2.05) is 0 Å². The number of ether oxygens (including phenoxy) is 2. The molecule has 6 unspecified atom stereocenters. The summed E-state index contributed by atoms with van der Waals surface area (Å²) in [5.74, 6) is -1.11. The predicted octanol–water partition coefficient (Wildman–Crippen LogP) is 11.0. The van der Waals surface area contributed by atoms with Crippen LogP contribution in [0.15, 0.2) is 36.5 Å². The lowest BCUT2D eigenvalue weighted by Crippen LogP contribution is -2.64. The maximum atomic E-state index is 12.8. The molecule has 0 radical (unpaired) electrons. The summed E-state index contributed by atoms with van der Waals surface area (Å²) in [5, 5.41) is 50.2. The highest BCUT2D eigenvalue weighted by molar-refractivity contribution is 7.47. The van der Waals surface area contributed by atoms with Crippen LogP contribution < -0.4 is 0 Å². The number of hydrogen-bond acceptors (Lipinski definition) is 12. The molecule has 1 saturated carbocycles. The van der Waals surface area contributed by atoms with Crippen molar-refractivity contribution in [2.24, 2.45) is 0 Å². The van der Waals surface area contributed by atoms with Crippen molar-refractivity contribution in [2.45, 2.75) is 262 Å². The molecule has 0 aromatic rings. The summed E-state index contributed by atoms with van der Waals surface area (Å²) in [6.07, 6.45) is 34.9. The molecule has 6 atom stereocenters. The number of carbonyl (C=O) groups is 2. The highest BCUT2D eigenvalue weighted by Crippen LogP contribution is 2.47. The third-order valence-electron chi connectivity index (χ3n) is 11.9. The van der Waals surface area contributed by atoms with Crippen LogP contribution in [0.4, 0.5) is 0 Å². The zero-order chi connectivity index (χ0) is 47.8. The molecule has 380 valence electrons. The minimum absolute atomic E-state index is 0.0810. The van der Waals surface area contributed by atoms with Gasteiger partial charge in [-0.1, -0.05) is 179 Å². The number of allylic oxidation sites excluding steroid dienone is 6. The number of phosphoric acid groups is 1. The van der Waals surface area contributed by atoms with Crippen molar-refractivity contribution in [3.05, 3.63) is 36.5 Å². The fourth-order valence-corrected chi connectivity index (χ4v) is 8.76. The van der Waals surface area contributed by atoms with Crippen molar-refractivity contribution < 1.29 is 63.1 Å². The van der Waals surface area contributed by atoms with E-state index in [0.717, 1.165) is 70.6 Å². The molecule has 14 heteroatoms. The number of unbranched alkanes of at least 4 members (excludes halogenated alkanes) is 25. The van der Waals surface area contributed by atoms with Crippen LogP contribution in [0.2, 0.25) is 0 Å². The van der Waals surface area contributed by atoms with E-state index in [-0.39, 0.29) is 12.8 Å². The van der Waals surface area contributed by atoms with Gasteiger partial charge in [0.1, 0.15) is 43.2 Å². The number of esters is 2. The van der Waals surface area contributed by atoms with E-state index < -0.39 is 75.7 Å². The maximum Gasteiger partial charge on any atom is 0.472 e. The molecule has 0 aromatic heterocycles. The van der Waals surface area contributed by atoms with E-state index in [1.54, 1.807) is 0 Å². The van der Waals surface area contributed by atoms with Crippen molar-refractivity contribution in [1.82, 2.24) is 0 Å². The number of hydrogen-bond donors (Lipinski definition) is 6. The first-order valence-corrected chi connectivity index (χ1v) is 27.3. The molecule has 13 nitrogen and oxygen atoms in total. The summed E-state index contributed by atoms with van der Waals surface area (Å²) in [7, 11) is -5.12. The Balaban J connectivity index is 2.35. The van der Waals surface area contributed by atoms with Crippen molar-refractivity contribution in [3.63, 3.8) is 0 Å². The Hall–Kier alpha value is -1.93. The van der Waals surface area contributed by atoms with Crippen LogP contribution in [0.25, 0.3) is 0 Å². The van der Waals surface area contributed by atoms with Crippen LogP contribution in [0.3, 0.4) is 0 Å². The summed E-state index contributed by atoms with van der Waals surface area (Å²) in [4.78, 5) is 35.8. The second-order valence-electron chi connectivity index (χ2n) is 18.0. The summed E-state index contributed by atoms with van der Waals surface area (Å²) < 4.78 is 33.6. The topological polar surface area (TPSA) is 210 Å². The van der Waals surface area contributed by atoms with Crippen LogP contribution in [0.5, 0.6) is 0 Å². The van der Waals surface area contributed by atoms with E-state index >= 15 is 0 Å². The Morgan fingerprint density at radius 1 is 0.477 bits per heavy atom. The fraction of sp³-hybridized carbons (Fsp3) is 0.843. The van der Waals surface area contributed by atoms with Gasteiger partial charge in [-0.2, -0.15) is 0 Å². The lowest BCUT2D eigenvalue weighted by atomic mass is 9.85. The predicted molar refractivity (Wildman–Crippen MR) is 258 cm³/mol. The number of rotatable bonds is 43. The van der Waals surface area contributed by atoms with Crippen LogP contribution in [0, 0.1) is 0 Å². The molecule has 0 bridgehead atoms. The third-order valence-corrected chi connectivity index (χ3v) is 12.9. The van der Waals surface area contributed by atoms with Crippen LogP contribution >= 0.6 is 7.82 Å². The molecule has 0 aromatic carbocycles. The van der Waals surface area contributed by atoms with Gasteiger partial charge in [-0.25, -0.2) is 4.57 Å². The Morgan fingerprint density at radius 2 is 0.862 bits per heavy atom. The monoisotopic (exact) mass is 945 g/mol. The molecule has 0 spiro atoms. The molecule has 1 rings (SSSR count). The normalized spacial score (nSPS) is 21.7. The van der Waals surface area contributed by atoms with Crippen molar-refractivity contribution in [3.8, 4) is 0 Å². The number of carbonyl (C=O) groups excluding carboxylic acids is 2. The van der Waals surface area contributed by atoms with Crippen molar-refractivity contribution in [2.75, 3.05) is 13.2 Å². The summed E-state index contributed by atoms with van der Waals surface area (Å²) >= 11 is 0. The quantitative estimate of drug-likeness (QED) is 0.0146. The average molecular weight is 945 g/mol. The molecule has 1 aliphatic carbocycles. The van der Waals surface area contributed by atoms with Gasteiger partial charge in [-0.15, -0.1) is 0 Å². The van der Waals surface area contributed by atoms with Gasteiger partial charge in [0.25, 0.3) is 0 Å². The molecule has 65 heavy (non-hydrogen) atoms. The Morgan fingerprint density at radius 3 is 1.32 bits per heavy atom. The average Bonchev–Trinajstić information content (AvgIpc) is 3.29. The zero-order valence-electron chi connectivity index (χ0n) is 40.5. The van der Waals surface area contributed by atoms with Crippen LogP contribution in [-0.2, 0) is 32.7 Å². The van der Waals surface area contributed by atoms with E-state index in [0.29, 0.717) is 12.8 Å². The van der Waals surface area contributed by atoms with Crippen LogP contribution in [-0.4, -0.2) is 98.3 Å². The van der Waals surface area contributed by atoms with Gasteiger partial charge in [0.05, 0.1) is 6.61 Å². The molecule has 0 saturated heterocycles. The standard InChI is InChI=1S/C51H93O13P/c1-3-5-7-9-11-13-15-17-18-19-20-21-22-23-24-25-26-28-29-31-33-35-37-39-44(52)61-41-43(42-62-65(59,60)64-51-49(57)47(55)46(54)48(56)50(51)58)63-45(53)40-38-36-34-32-30-27-16-14-12-10-8-6-4-2/h8,10,14,16,19-20,43,46-51,54-58H,3-7,9,11-13,15,17-18,21-42H2,1-2H3,(H,59,60)/b10-8-,16-14-,20-19-. The Labute approximate surface area is 393 Å². The van der Waals surface area contributed by atoms with Crippen molar-refractivity contribution >= 4 is 19.8 Å². The second-order valence-corrected chi connectivity index (χ2v) is 19.4. The SMILES string of the molecule is CCC/C=C\C/C=C\CCCCCCCC(=O)OC(COC(=O)CCCCCCCCCCCCC/C=C\CCCCCCCCCC)COP(=O)(O)OC1C(O)C(O)C(O)C(O)C1O. The molecule has 6 N–H and O–H groups in total. The first kappa shape index (κ1) is 61.1. The van der Waals surface area contributed by atoms with E-state index in [2.05, 4.69) is 50.3 Å². The van der Waals surface area contributed by atoms with Gasteiger partial charge in [-0.3, -0.25) is 18.6 Å². The molecular weight excluding hydrogens is 852 g/mol. The van der Waals surface area contributed by atoms with E-state index in [9.17, 15) is 44.6 Å². The van der Waals surface area contributed by atoms with E-state index in [4.69, 9.17) is 18.5 Å². The minimum atomic E-state index is -5.12. The van der Waals surface area contributed by atoms with Crippen LogP contribution in [0.1, 0.15) is 219 Å². The first-order valence-electron chi connectivity index (χ1n) is 25.8. The smallest absolute Gasteiger partial charge is 0.462 e. The molecule has 1 aliphatic rings. The van der Waals surface area contributed by atoms with Gasteiger partial charge in [-0.05, 0) is 64.2 Å². The van der Waals surface area contributed by atoms with Gasteiger partial charge in [0.2, 0.25) is 0 Å². The highest BCUT2D eigenvalue weighted by Gasteiger charge is 2.51. The minimum Gasteiger partial charge on any atom is -0.462 e. The third kappa shape index (κ3) is 33.3. The maximum absolute atomic E-state index is 12.8. The molecule has 0 heterocycles.